The number of halogens is 2. The third-order valence-electron chi connectivity index (χ3n) is 2.98. The van der Waals surface area contributed by atoms with E-state index in [9.17, 15) is 9.59 Å². The molecule has 0 aliphatic carbocycles. The van der Waals surface area contributed by atoms with Gasteiger partial charge in [0.05, 0.1) is 6.21 Å². The van der Waals surface area contributed by atoms with Crippen LogP contribution in [-0.2, 0) is 9.59 Å². The molecule has 0 aromatic heterocycles. The van der Waals surface area contributed by atoms with E-state index >= 15 is 0 Å². The lowest BCUT2D eigenvalue weighted by Gasteiger charge is -2.04. The first-order chi connectivity index (χ1) is 11.5. The molecule has 0 heterocycles. The first-order valence-electron chi connectivity index (χ1n) is 7.16. The molecule has 7 heteroatoms. The average molecular weight is 456 g/mol. The Morgan fingerprint density at radius 3 is 2.29 bits per heavy atom. The minimum Gasteiger partial charge on any atom is -0.326 e. The van der Waals surface area contributed by atoms with Crippen LogP contribution >= 0.6 is 34.2 Å². The molecule has 0 fully saturated rings. The van der Waals surface area contributed by atoms with Gasteiger partial charge in [-0.2, -0.15) is 5.10 Å². The lowest BCUT2D eigenvalue weighted by molar-refractivity contribution is -0.124. The molecule has 0 radical (unpaired) electrons. The number of nitrogens with one attached hydrogen (secondary N) is 2. The third kappa shape index (κ3) is 6.67. The highest BCUT2D eigenvalue weighted by Crippen LogP contribution is 2.11. The number of amides is 2. The van der Waals surface area contributed by atoms with Gasteiger partial charge in [0.1, 0.15) is 0 Å². The van der Waals surface area contributed by atoms with Crippen LogP contribution in [0.2, 0.25) is 5.02 Å². The highest BCUT2D eigenvalue weighted by molar-refractivity contribution is 14.1. The lowest BCUT2D eigenvalue weighted by Crippen LogP contribution is -2.20. The Labute approximate surface area is 158 Å². The van der Waals surface area contributed by atoms with Crippen molar-refractivity contribution in [1.29, 1.82) is 0 Å². The zero-order valence-electron chi connectivity index (χ0n) is 12.6. The molecule has 2 aromatic rings. The maximum atomic E-state index is 11.8. The van der Waals surface area contributed by atoms with Crippen molar-refractivity contribution in [2.24, 2.45) is 5.10 Å². The minimum absolute atomic E-state index is 0.0636. The summed E-state index contributed by atoms with van der Waals surface area (Å²) in [6.45, 7) is 0. The maximum absolute atomic E-state index is 11.8. The van der Waals surface area contributed by atoms with Crippen molar-refractivity contribution >= 4 is 57.9 Å². The van der Waals surface area contributed by atoms with Crippen molar-refractivity contribution in [3.8, 4) is 0 Å². The van der Waals surface area contributed by atoms with Gasteiger partial charge in [-0.1, -0.05) is 23.7 Å². The molecule has 2 amide bonds. The van der Waals surface area contributed by atoms with Gasteiger partial charge in [-0.25, -0.2) is 5.43 Å². The molecule has 0 spiro atoms. The van der Waals surface area contributed by atoms with Crippen LogP contribution in [0.3, 0.4) is 0 Å². The van der Waals surface area contributed by atoms with Crippen LogP contribution in [-0.4, -0.2) is 18.0 Å². The number of anilines is 1. The summed E-state index contributed by atoms with van der Waals surface area (Å²) < 4.78 is 1.09. The fraction of sp³-hybridized carbons (Fsp3) is 0.118. The van der Waals surface area contributed by atoms with Crippen LogP contribution in [0, 0.1) is 3.57 Å². The van der Waals surface area contributed by atoms with E-state index in [-0.39, 0.29) is 24.7 Å². The zero-order chi connectivity index (χ0) is 17.4. The van der Waals surface area contributed by atoms with E-state index in [0.717, 1.165) is 9.13 Å². The second kappa shape index (κ2) is 9.39. The highest BCUT2D eigenvalue weighted by Gasteiger charge is 2.06. The second-order valence-corrected chi connectivity index (χ2v) is 6.58. The number of hydrazone groups is 1. The summed E-state index contributed by atoms with van der Waals surface area (Å²) in [4.78, 5) is 23.4. The predicted octanol–water partition coefficient (Wildman–Crippen LogP) is 3.81. The monoisotopic (exact) mass is 455 g/mol. The third-order valence-corrected chi connectivity index (χ3v) is 3.95. The topological polar surface area (TPSA) is 70.6 Å². The van der Waals surface area contributed by atoms with Gasteiger partial charge in [-0.05, 0) is 64.6 Å². The van der Waals surface area contributed by atoms with E-state index in [1.165, 1.54) is 6.21 Å². The second-order valence-electron chi connectivity index (χ2n) is 4.90. The van der Waals surface area contributed by atoms with Crippen molar-refractivity contribution in [1.82, 2.24) is 5.43 Å². The molecule has 0 saturated heterocycles. The highest BCUT2D eigenvalue weighted by atomic mass is 127. The number of carbonyl (C=O) groups excluding carboxylic acids is 2. The van der Waals surface area contributed by atoms with Gasteiger partial charge >= 0.3 is 0 Å². The number of hydrogen-bond donors (Lipinski definition) is 2. The molecule has 124 valence electrons. The van der Waals surface area contributed by atoms with Gasteiger partial charge in [0.25, 0.3) is 0 Å². The maximum Gasteiger partial charge on any atom is 0.240 e. The Morgan fingerprint density at radius 2 is 1.62 bits per heavy atom. The molecule has 0 atom stereocenters. The van der Waals surface area contributed by atoms with Crippen molar-refractivity contribution in [3.05, 3.63) is 62.7 Å². The smallest absolute Gasteiger partial charge is 0.240 e. The Bertz CT molecular complexity index is 731. The summed E-state index contributed by atoms with van der Waals surface area (Å²) >= 11 is 7.97. The molecule has 2 rings (SSSR count). The summed E-state index contributed by atoms with van der Waals surface area (Å²) in [5.74, 6) is -0.536. The van der Waals surface area contributed by atoms with Gasteiger partial charge in [-0.15, -0.1) is 0 Å². The minimum atomic E-state index is -0.321. The molecule has 0 aliphatic heterocycles. The molecule has 0 aliphatic rings. The average Bonchev–Trinajstić information content (AvgIpc) is 2.57. The molecule has 0 saturated carbocycles. The van der Waals surface area contributed by atoms with E-state index in [4.69, 9.17) is 11.6 Å². The molecule has 24 heavy (non-hydrogen) atoms. The molecule has 2 aromatic carbocycles. The van der Waals surface area contributed by atoms with Crippen LogP contribution in [0.15, 0.2) is 53.6 Å². The quantitative estimate of drug-likeness (QED) is 0.395. The first kappa shape index (κ1) is 18.4. The molecule has 0 unspecified atom stereocenters. The van der Waals surface area contributed by atoms with Crippen molar-refractivity contribution < 1.29 is 9.59 Å². The molecular formula is C17H15ClIN3O2. The van der Waals surface area contributed by atoms with Crippen molar-refractivity contribution in [2.45, 2.75) is 12.8 Å². The first-order valence-corrected chi connectivity index (χ1v) is 8.61. The standard InChI is InChI=1S/C17H15ClIN3O2/c18-13-3-1-12(2-4-13)11-20-22-17(24)10-9-16(23)21-15-7-5-14(19)6-8-15/h1-8,11H,9-10H2,(H,21,23)(H,22,24)/b20-11+. The fourth-order valence-electron chi connectivity index (χ4n) is 1.77. The Balaban J connectivity index is 1.71. The summed E-state index contributed by atoms with van der Waals surface area (Å²) in [5, 5.41) is 7.22. The van der Waals surface area contributed by atoms with E-state index in [2.05, 4.69) is 38.4 Å². The lowest BCUT2D eigenvalue weighted by atomic mass is 10.2. The number of benzene rings is 2. The fourth-order valence-corrected chi connectivity index (χ4v) is 2.25. The summed E-state index contributed by atoms with van der Waals surface area (Å²) in [6.07, 6.45) is 1.67. The Hall–Kier alpha value is -1.93. The van der Waals surface area contributed by atoms with Gasteiger partial charge < -0.3 is 5.32 Å². The normalized spacial score (nSPS) is 10.6. The zero-order valence-corrected chi connectivity index (χ0v) is 15.5. The number of nitrogens with zero attached hydrogens (tertiary/aromatic N) is 1. The van der Waals surface area contributed by atoms with E-state index in [1.807, 2.05) is 24.3 Å². The van der Waals surface area contributed by atoms with Crippen LogP contribution < -0.4 is 10.7 Å². The molecule has 2 N–H and O–H groups in total. The number of carbonyl (C=O) groups is 2. The Kier molecular flexibility index (Phi) is 7.20. The van der Waals surface area contributed by atoms with Crippen LogP contribution in [0.5, 0.6) is 0 Å². The molecule has 5 nitrogen and oxygen atoms in total. The van der Waals surface area contributed by atoms with E-state index in [1.54, 1.807) is 24.3 Å². The summed E-state index contributed by atoms with van der Waals surface area (Å²) in [7, 11) is 0. The SMILES string of the molecule is O=C(CCC(=O)Nc1ccc(I)cc1)N/N=C/c1ccc(Cl)cc1. The van der Waals surface area contributed by atoms with Gasteiger partial charge in [0.15, 0.2) is 0 Å². The van der Waals surface area contributed by atoms with Gasteiger partial charge in [0.2, 0.25) is 11.8 Å². The van der Waals surface area contributed by atoms with E-state index < -0.39 is 0 Å². The van der Waals surface area contributed by atoms with Crippen LogP contribution in [0.25, 0.3) is 0 Å². The number of rotatable bonds is 6. The number of hydrogen-bond acceptors (Lipinski definition) is 3. The largest absolute Gasteiger partial charge is 0.326 e. The molecular weight excluding hydrogens is 441 g/mol. The van der Waals surface area contributed by atoms with Gasteiger partial charge in [-0.3, -0.25) is 9.59 Å². The van der Waals surface area contributed by atoms with E-state index in [0.29, 0.717) is 10.7 Å². The predicted molar refractivity (Wildman–Crippen MR) is 104 cm³/mol. The van der Waals surface area contributed by atoms with Gasteiger partial charge in [0, 0.05) is 27.1 Å². The van der Waals surface area contributed by atoms with Crippen LogP contribution in [0.4, 0.5) is 5.69 Å². The van der Waals surface area contributed by atoms with Crippen LogP contribution in [0.1, 0.15) is 18.4 Å². The van der Waals surface area contributed by atoms with Crippen molar-refractivity contribution in [3.63, 3.8) is 0 Å². The van der Waals surface area contributed by atoms with Crippen molar-refractivity contribution in [2.75, 3.05) is 5.32 Å². The Morgan fingerprint density at radius 1 is 1.00 bits per heavy atom. The summed E-state index contributed by atoms with van der Waals surface area (Å²) in [6, 6.07) is 14.5. The molecule has 0 bridgehead atoms. The summed E-state index contributed by atoms with van der Waals surface area (Å²) in [5.41, 5.74) is 3.91.